The van der Waals surface area contributed by atoms with Crippen LogP contribution in [-0.4, -0.2) is 115 Å². The number of nitrogens with one attached hydrogen (secondary N) is 5. The normalized spacial score (nSPS) is 16.8. The maximum Gasteiger partial charge on any atom is 0.308 e. The number of rotatable bonds is 35. The molecule has 2 aliphatic heterocycles. The molecular weight excluding hydrogens is 1010 g/mol. The van der Waals surface area contributed by atoms with Crippen LogP contribution in [0.2, 0.25) is 0 Å². The number of morpholine rings is 1. The third kappa shape index (κ3) is 20.6. The van der Waals surface area contributed by atoms with Gasteiger partial charge in [0, 0.05) is 68.3 Å². The summed E-state index contributed by atoms with van der Waals surface area (Å²) < 4.78 is 18.1. The highest BCUT2D eigenvalue weighted by Crippen LogP contribution is 2.47. The lowest BCUT2D eigenvalue weighted by Gasteiger charge is -2.41. The van der Waals surface area contributed by atoms with Crippen LogP contribution in [0.25, 0.3) is 0 Å². The molecule has 0 unspecified atom stereocenters. The predicted octanol–water partition coefficient (Wildman–Crippen LogP) is 7.66. The van der Waals surface area contributed by atoms with Crippen molar-refractivity contribution in [3.8, 4) is 11.5 Å². The number of unbranched alkanes of at least 4 members (excludes halogenated alkanes) is 1. The lowest BCUT2D eigenvalue weighted by Crippen LogP contribution is -2.57. The molecule has 2 heterocycles. The Morgan fingerprint density at radius 1 is 0.775 bits per heavy atom. The first-order valence-corrected chi connectivity index (χ1v) is 29.2. The quantitative estimate of drug-likeness (QED) is 0.0166. The van der Waals surface area contributed by atoms with Gasteiger partial charge in [0.2, 0.25) is 17.7 Å². The number of Topliss-reactive ketones (excluding diaryl/α,β-unsaturated/α-hetero) is 3. The molecule has 1 aliphatic carbocycles. The SMILES string of the molecule is CCCNC(=O)CCCCN1C=C(COc2cc(C[N+]3(CC(=O)C[C@@H](CCc4ccccc4)C(=O)N[C@@H](CC(C)C)C(=O)C[C@@H](Cc4ccccc4)C(=O)N[C@@H](CC(C)C)C(=O)C4(C)CC4)CCOCC3)ccc2OC(C)=O)NN1. The summed E-state index contributed by atoms with van der Waals surface area (Å²) in [7, 11) is 0. The van der Waals surface area contributed by atoms with Crippen LogP contribution >= 0.6 is 0 Å². The number of ketones is 3. The van der Waals surface area contributed by atoms with Gasteiger partial charge in [0.15, 0.2) is 28.8 Å². The topological polar surface area (TPSA) is 211 Å². The summed E-state index contributed by atoms with van der Waals surface area (Å²) in [5, 5.41) is 11.0. The minimum atomic E-state index is -0.915. The minimum Gasteiger partial charge on any atom is -0.483 e. The van der Waals surface area contributed by atoms with Crippen LogP contribution < -0.4 is 36.4 Å². The Kier molecular flexibility index (Phi) is 24.3. The van der Waals surface area contributed by atoms with Gasteiger partial charge in [-0.2, -0.15) is 0 Å². The van der Waals surface area contributed by atoms with Gasteiger partial charge in [0.25, 0.3) is 0 Å². The van der Waals surface area contributed by atoms with Crippen LogP contribution in [0.4, 0.5) is 0 Å². The Bertz CT molecular complexity index is 2560. The molecule has 3 amide bonds. The number of quaternary nitrogens is 1. The molecule has 0 spiro atoms. The van der Waals surface area contributed by atoms with Gasteiger partial charge < -0.3 is 40.1 Å². The van der Waals surface area contributed by atoms with Gasteiger partial charge in [-0.05, 0) is 105 Å². The zero-order valence-corrected chi connectivity index (χ0v) is 48.6. The van der Waals surface area contributed by atoms with E-state index in [1.54, 1.807) is 6.07 Å². The highest BCUT2D eigenvalue weighted by atomic mass is 16.6. The lowest BCUT2D eigenvalue weighted by molar-refractivity contribution is -0.940. The van der Waals surface area contributed by atoms with Crippen LogP contribution in [0, 0.1) is 29.1 Å². The first kappa shape index (κ1) is 62.8. The van der Waals surface area contributed by atoms with Crippen molar-refractivity contribution in [2.24, 2.45) is 29.1 Å². The molecule has 436 valence electrons. The molecule has 5 N–H and O–H groups in total. The van der Waals surface area contributed by atoms with E-state index in [2.05, 4.69) is 26.9 Å². The summed E-state index contributed by atoms with van der Waals surface area (Å²) in [6, 6.07) is 23.2. The summed E-state index contributed by atoms with van der Waals surface area (Å²) in [6.45, 7) is 17.4. The van der Waals surface area contributed by atoms with Crippen molar-refractivity contribution in [3.05, 3.63) is 107 Å². The van der Waals surface area contributed by atoms with Gasteiger partial charge in [-0.15, -0.1) is 5.53 Å². The number of benzene rings is 3. The van der Waals surface area contributed by atoms with Crippen LogP contribution in [-0.2, 0) is 57.7 Å². The van der Waals surface area contributed by atoms with Crippen molar-refractivity contribution in [1.82, 2.24) is 31.9 Å². The Morgan fingerprint density at radius 2 is 1.43 bits per heavy atom. The molecule has 3 aromatic rings. The molecule has 4 atom stereocenters. The number of hydrogen-bond donors (Lipinski definition) is 5. The number of hydrazine groups is 2. The van der Waals surface area contributed by atoms with Crippen molar-refractivity contribution in [1.29, 1.82) is 0 Å². The Balaban J connectivity index is 1.16. The molecule has 1 saturated heterocycles. The van der Waals surface area contributed by atoms with E-state index in [4.69, 9.17) is 14.2 Å². The van der Waals surface area contributed by atoms with Crippen molar-refractivity contribution < 1.29 is 52.3 Å². The van der Waals surface area contributed by atoms with Crippen molar-refractivity contribution in [3.63, 3.8) is 0 Å². The average molecular weight is 1110 g/mol. The van der Waals surface area contributed by atoms with E-state index in [-0.39, 0.29) is 85.1 Å². The first-order valence-electron chi connectivity index (χ1n) is 29.2. The third-order valence-electron chi connectivity index (χ3n) is 15.4. The fourth-order valence-corrected chi connectivity index (χ4v) is 10.6. The van der Waals surface area contributed by atoms with Crippen LogP contribution in [0.5, 0.6) is 11.5 Å². The first-order chi connectivity index (χ1) is 38.3. The molecular formula is C63H90N7O10+. The van der Waals surface area contributed by atoms with E-state index in [9.17, 15) is 33.6 Å². The number of aryl methyl sites for hydroxylation is 1. The van der Waals surface area contributed by atoms with Crippen LogP contribution in [0.3, 0.4) is 0 Å². The highest BCUT2D eigenvalue weighted by molar-refractivity contribution is 5.97. The lowest BCUT2D eigenvalue weighted by atomic mass is 9.87. The molecule has 1 saturated carbocycles. The predicted molar refractivity (Wildman–Crippen MR) is 307 cm³/mol. The maximum absolute atomic E-state index is 14.8. The summed E-state index contributed by atoms with van der Waals surface area (Å²) in [5.74, 6) is -2.27. The Labute approximate surface area is 474 Å². The van der Waals surface area contributed by atoms with E-state index in [1.807, 2.05) is 126 Å². The second-order valence-corrected chi connectivity index (χ2v) is 23.6. The van der Waals surface area contributed by atoms with Crippen LogP contribution in [0.15, 0.2) is 90.8 Å². The average Bonchev–Trinajstić information content (AvgIpc) is 4.02. The molecule has 3 aromatic carbocycles. The fourth-order valence-electron chi connectivity index (χ4n) is 10.6. The van der Waals surface area contributed by atoms with E-state index in [0.717, 1.165) is 54.5 Å². The Hall–Kier alpha value is -6.43. The highest BCUT2D eigenvalue weighted by Gasteiger charge is 2.48. The van der Waals surface area contributed by atoms with Crippen molar-refractivity contribution >= 4 is 41.0 Å². The monoisotopic (exact) mass is 1100 g/mol. The molecule has 0 radical (unpaired) electrons. The molecule has 0 bridgehead atoms. The number of carbonyl (C=O) groups excluding carboxylic acids is 7. The van der Waals surface area contributed by atoms with E-state index in [0.29, 0.717) is 88.3 Å². The molecule has 2 fully saturated rings. The summed E-state index contributed by atoms with van der Waals surface area (Å²) >= 11 is 0. The van der Waals surface area contributed by atoms with Gasteiger partial charge in [-0.1, -0.05) is 102 Å². The maximum atomic E-state index is 14.8. The molecule has 0 aromatic heterocycles. The largest absolute Gasteiger partial charge is 0.483 e. The number of carbonyl (C=O) groups is 7. The summed E-state index contributed by atoms with van der Waals surface area (Å²) in [6.07, 6.45) is 8.22. The van der Waals surface area contributed by atoms with Crippen molar-refractivity contribution in [2.75, 3.05) is 52.5 Å². The van der Waals surface area contributed by atoms with E-state index < -0.39 is 35.3 Å². The molecule has 6 rings (SSSR count). The second-order valence-electron chi connectivity index (χ2n) is 23.6. The third-order valence-corrected chi connectivity index (χ3v) is 15.4. The molecule has 17 heteroatoms. The van der Waals surface area contributed by atoms with Crippen LogP contribution in [0.1, 0.15) is 136 Å². The standard InChI is InChI=1S/C63H89N7O10/c1-8-28-64-59(74)21-15-16-29-69-40-52(67-68-69)43-79-58-37-49(23-25-57(58)80-46(6)71)41-70(30-32-78-33-31-70)42-53(72)38-50(24-22-47-17-11-9-12-18-47)61(76)65-54(34-44(2)3)56(73)39-51(36-48-19-13-10-14-20-48)62(77)66-55(35-45(4)5)60(75)63(7)26-27-63/h9-14,17-20,23,25,37,40,44-45,50-51,54-55,67-68H,8,15-16,21-22,24,26-36,38-39,41-43H2,1-7H3,(H2-,64,65,66,74,76,77)/p+1/t50-,51-,54+,55+/m1/s1. The Morgan fingerprint density at radius 3 is 2.08 bits per heavy atom. The number of ether oxygens (including phenoxy) is 3. The summed E-state index contributed by atoms with van der Waals surface area (Å²) in [4.78, 5) is 96.5. The minimum absolute atomic E-state index is 0.0126. The smallest absolute Gasteiger partial charge is 0.308 e. The fraction of sp³-hybridized carbons (Fsp3) is 0.571. The van der Waals surface area contributed by atoms with Gasteiger partial charge in [-0.25, -0.2) is 0 Å². The van der Waals surface area contributed by atoms with E-state index in [1.165, 1.54) is 6.92 Å². The van der Waals surface area contributed by atoms with Gasteiger partial charge in [0.05, 0.1) is 31.0 Å². The molecule has 80 heavy (non-hydrogen) atoms. The van der Waals surface area contributed by atoms with Gasteiger partial charge in [-0.3, -0.25) is 38.6 Å². The molecule has 3 aliphatic rings. The molecule has 17 nitrogen and oxygen atoms in total. The number of amides is 3. The zero-order valence-electron chi connectivity index (χ0n) is 48.6. The number of nitrogens with zero attached hydrogens (tertiary/aromatic N) is 2. The van der Waals surface area contributed by atoms with Gasteiger partial charge >= 0.3 is 5.97 Å². The number of esters is 1. The van der Waals surface area contributed by atoms with Gasteiger partial charge in [0.1, 0.15) is 32.8 Å². The second kappa shape index (κ2) is 31.0. The number of hydrogen-bond acceptors (Lipinski definition) is 13. The van der Waals surface area contributed by atoms with E-state index >= 15 is 0 Å². The zero-order chi connectivity index (χ0) is 57.7. The van der Waals surface area contributed by atoms with Crippen molar-refractivity contribution in [2.45, 2.75) is 151 Å². The summed E-state index contributed by atoms with van der Waals surface area (Å²) in [5.41, 5.74) is 9.30.